The van der Waals surface area contributed by atoms with Gasteiger partial charge in [0, 0.05) is 11.8 Å². The van der Waals surface area contributed by atoms with Crippen LogP contribution in [0.1, 0.15) is 32.3 Å². The van der Waals surface area contributed by atoms with E-state index in [2.05, 4.69) is 37.9 Å². The number of unbranched alkanes of at least 4 members (excludes halogenated alkanes) is 1. The van der Waals surface area contributed by atoms with Crippen molar-refractivity contribution in [3.63, 3.8) is 0 Å². The van der Waals surface area contributed by atoms with E-state index in [1.54, 1.807) is 0 Å². The van der Waals surface area contributed by atoms with Crippen molar-refractivity contribution < 1.29 is 0 Å². The molecule has 0 saturated carbocycles. The minimum absolute atomic E-state index is 1.04. The number of aryl methyl sites for hydroxylation is 1. The minimum atomic E-state index is 1.04. The summed E-state index contributed by atoms with van der Waals surface area (Å²) in [6, 6.07) is 14.2. The van der Waals surface area contributed by atoms with E-state index in [4.69, 9.17) is 0 Å². The van der Waals surface area contributed by atoms with E-state index in [1.165, 1.54) is 24.0 Å². The Hall–Kier alpha value is -1.63. The van der Waals surface area contributed by atoms with Crippen molar-refractivity contribution in [1.29, 1.82) is 0 Å². The third-order valence-corrected chi connectivity index (χ3v) is 2.59. The van der Waals surface area contributed by atoms with Gasteiger partial charge in [0.15, 0.2) is 0 Å². The number of hydrogen-bond acceptors (Lipinski definition) is 1. The largest absolute Gasteiger partial charge is 0.256 e. The van der Waals surface area contributed by atoms with Gasteiger partial charge >= 0.3 is 0 Å². The molecule has 0 atom stereocenters. The standard InChI is InChI=1S/C12H11N.C4H10/c1-10-6-2-3-7-11(10)12-8-4-5-9-13-12;1-3-4-2/h2-9H,1H3;3-4H2,1-2H3. The van der Waals surface area contributed by atoms with Crippen molar-refractivity contribution in [2.75, 3.05) is 0 Å². The van der Waals surface area contributed by atoms with Gasteiger partial charge in [-0.25, -0.2) is 0 Å². The summed E-state index contributed by atoms with van der Waals surface area (Å²) in [5.74, 6) is 0. The Bertz CT molecular complexity index is 419. The zero-order valence-electron chi connectivity index (χ0n) is 11.0. The first-order valence-corrected chi connectivity index (χ1v) is 6.26. The van der Waals surface area contributed by atoms with Crippen molar-refractivity contribution in [3.05, 3.63) is 54.2 Å². The topological polar surface area (TPSA) is 12.9 Å². The van der Waals surface area contributed by atoms with Gasteiger partial charge < -0.3 is 0 Å². The van der Waals surface area contributed by atoms with E-state index in [0.717, 1.165) is 5.69 Å². The predicted molar refractivity (Wildman–Crippen MR) is 75.0 cm³/mol. The number of rotatable bonds is 2. The van der Waals surface area contributed by atoms with E-state index in [9.17, 15) is 0 Å². The molecule has 0 unspecified atom stereocenters. The molecule has 17 heavy (non-hydrogen) atoms. The number of benzene rings is 1. The molecule has 1 aromatic heterocycles. The third kappa shape index (κ3) is 4.39. The highest BCUT2D eigenvalue weighted by molar-refractivity contribution is 5.62. The zero-order valence-corrected chi connectivity index (χ0v) is 11.0. The summed E-state index contributed by atoms with van der Waals surface area (Å²) in [5, 5.41) is 0. The number of hydrogen-bond donors (Lipinski definition) is 0. The Balaban J connectivity index is 0.000000317. The van der Waals surface area contributed by atoms with Gasteiger partial charge in [-0.1, -0.05) is 57.0 Å². The van der Waals surface area contributed by atoms with Crippen LogP contribution in [-0.4, -0.2) is 4.98 Å². The van der Waals surface area contributed by atoms with Crippen molar-refractivity contribution >= 4 is 0 Å². The summed E-state index contributed by atoms with van der Waals surface area (Å²) in [4.78, 5) is 4.31. The Labute approximate surface area is 105 Å². The highest BCUT2D eigenvalue weighted by Crippen LogP contribution is 2.19. The fourth-order valence-corrected chi connectivity index (χ4v) is 1.38. The first kappa shape index (κ1) is 13.4. The number of aromatic nitrogens is 1. The molecule has 0 fully saturated rings. The average molecular weight is 227 g/mol. The molecule has 0 spiro atoms. The van der Waals surface area contributed by atoms with E-state index in [1.807, 2.05) is 36.5 Å². The third-order valence-electron chi connectivity index (χ3n) is 2.59. The predicted octanol–water partition coefficient (Wildman–Crippen LogP) is 4.86. The van der Waals surface area contributed by atoms with Crippen LogP contribution in [-0.2, 0) is 0 Å². The van der Waals surface area contributed by atoms with Gasteiger partial charge in [-0.15, -0.1) is 0 Å². The molecule has 90 valence electrons. The molecular formula is C16H21N. The van der Waals surface area contributed by atoms with Gasteiger partial charge in [0.25, 0.3) is 0 Å². The minimum Gasteiger partial charge on any atom is -0.256 e. The van der Waals surface area contributed by atoms with Crippen molar-refractivity contribution in [2.24, 2.45) is 0 Å². The summed E-state index contributed by atoms with van der Waals surface area (Å²) < 4.78 is 0. The molecule has 1 heteroatoms. The normalized spacial score (nSPS) is 9.35. The van der Waals surface area contributed by atoms with Crippen LogP contribution >= 0.6 is 0 Å². The van der Waals surface area contributed by atoms with Crippen LogP contribution < -0.4 is 0 Å². The Morgan fingerprint density at radius 2 is 1.53 bits per heavy atom. The lowest BCUT2D eigenvalue weighted by atomic mass is 10.1. The smallest absolute Gasteiger partial charge is 0.0704 e. The van der Waals surface area contributed by atoms with Crippen molar-refractivity contribution in [3.8, 4) is 11.3 Å². The van der Waals surface area contributed by atoms with Gasteiger partial charge in [0.05, 0.1) is 5.69 Å². The Morgan fingerprint density at radius 3 is 2.06 bits per heavy atom. The molecule has 1 nitrogen and oxygen atoms in total. The summed E-state index contributed by atoms with van der Waals surface area (Å²) in [6.07, 6.45) is 4.46. The molecule has 0 saturated heterocycles. The fraction of sp³-hybridized carbons (Fsp3) is 0.312. The molecule has 2 aromatic rings. The van der Waals surface area contributed by atoms with E-state index < -0.39 is 0 Å². The molecule has 0 radical (unpaired) electrons. The van der Waals surface area contributed by atoms with Gasteiger partial charge in [0.2, 0.25) is 0 Å². The second kappa shape index (κ2) is 7.61. The van der Waals surface area contributed by atoms with Crippen molar-refractivity contribution in [1.82, 2.24) is 4.98 Å². The molecule has 0 bridgehead atoms. The quantitative estimate of drug-likeness (QED) is 0.713. The molecule has 0 N–H and O–H groups in total. The number of pyridine rings is 1. The molecule has 1 aromatic carbocycles. The lowest BCUT2D eigenvalue weighted by Crippen LogP contribution is -1.84. The number of nitrogens with zero attached hydrogens (tertiary/aromatic N) is 1. The molecule has 0 aliphatic carbocycles. The fourth-order valence-electron chi connectivity index (χ4n) is 1.38. The lowest BCUT2D eigenvalue weighted by Gasteiger charge is -2.03. The van der Waals surface area contributed by atoms with Crippen LogP contribution in [0.5, 0.6) is 0 Å². The monoisotopic (exact) mass is 227 g/mol. The molecule has 0 aliphatic rings. The van der Waals surface area contributed by atoms with E-state index in [-0.39, 0.29) is 0 Å². The maximum Gasteiger partial charge on any atom is 0.0704 e. The van der Waals surface area contributed by atoms with Gasteiger partial charge in [-0.3, -0.25) is 4.98 Å². The SMILES string of the molecule is CCCC.Cc1ccccc1-c1ccccn1. The highest BCUT2D eigenvalue weighted by atomic mass is 14.7. The van der Waals surface area contributed by atoms with Gasteiger partial charge in [-0.05, 0) is 24.6 Å². The molecule has 1 heterocycles. The van der Waals surface area contributed by atoms with Crippen LogP contribution in [0.25, 0.3) is 11.3 Å². The molecule has 0 amide bonds. The zero-order chi connectivity index (χ0) is 12.5. The highest BCUT2D eigenvalue weighted by Gasteiger charge is 1.99. The maximum absolute atomic E-state index is 4.31. The van der Waals surface area contributed by atoms with E-state index >= 15 is 0 Å². The van der Waals surface area contributed by atoms with Crippen LogP contribution in [0.4, 0.5) is 0 Å². The second-order valence-corrected chi connectivity index (χ2v) is 4.03. The first-order valence-electron chi connectivity index (χ1n) is 6.26. The summed E-state index contributed by atoms with van der Waals surface area (Å²) in [7, 11) is 0. The van der Waals surface area contributed by atoms with Gasteiger partial charge in [-0.2, -0.15) is 0 Å². The first-order chi connectivity index (χ1) is 8.29. The summed E-state index contributed by atoms with van der Waals surface area (Å²) in [5.41, 5.74) is 3.52. The summed E-state index contributed by atoms with van der Waals surface area (Å²) in [6.45, 7) is 6.46. The molecular weight excluding hydrogens is 206 g/mol. The maximum atomic E-state index is 4.31. The second-order valence-electron chi connectivity index (χ2n) is 4.03. The Kier molecular flexibility index (Phi) is 6.02. The molecule has 2 rings (SSSR count). The van der Waals surface area contributed by atoms with Crippen LogP contribution in [0, 0.1) is 6.92 Å². The van der Waals surface area contributed by atoms with Gasteiger partial charge in [0.1, 0.15) is 0 Å². The van der Waals surface area contributed by atoms with Crippen LogP contribution in [0.15, 0.2) is 48.7 Å². The molecule has 0 aliphatic heterocycles. The lowest BCUT2D eigenvalue weighted by molar-refractivity contribution is 0.886. The summed E-state index contributed by atoms with van der Waals surface area (Å²) >= 11 is 0. The Morgan fingerprint density at radius 1 is 0.882 bits per heavy atom. The van der Waals surface area contributed by atoms with Crippen LogP contribution in [0.2, 0.25) is 0 Å². The van der Waals surface area contributed by atoms with Crippen molar-refractivity contribution in [2.45, 2.75) is 33.6 Å². The van der Waals surface area contributed by atoms with E-state index in [0.29, 0.717) is 0 Å². The average Bonchev–Trinajstić information content (AvgIpc) is 2.41. The van der Waals surface area contributed by atoms with Crippen LogP contribution in [0.3, 0.4) is 0 Å².